The Hall–Kier alpha value is -1.89. The molecule has 1 aliphatic carbocycles. The van der Waals surface area contributed by atoms with Crippen molar-refractivity contribution in [1.82, 2.24) is 25.1 Å². The van der Waals surface area contributed by atoms with Gasteiger partial charge >= 0.3 is 0 Å². The lowest BCUT2D eigenvalue weighted by molar-refractivity contribution is -0.134. The molecule has 0 spiro atoms. The number of hydrogen-bond acceptors (Lipinski definition) is 5. The molecule has 2 aliphatic rings. The van der Waals surface area contributed by atoms with E-state index in [2.05, 4.69) is 25.1 Å². The van der Waals surface area contributed by atoms with Crippen LogP contribution in [0.5, 0.6) is 0 Å². The maximum absolute atomic E-state index is 12.7. The van der Waals surface area contributed by atoms with E-state index >= 15 is 0 Å². The number of hydrogen-bond donors (Lipinski definition) is 1. The van der Waals surface area contributed by atoms with Gasteiger partial charge in [0.2, 0.25) is 11.1 Å². The molecule has 2 atom stereocenters. The lowest BCUT2D eigenvalue weighted by Crippen LogP contribution is -2.50. The normalized spacial score (nSPS) is 23.3. The Morgan fingerprint density at radius 3 is 2.88 bits per heavy atom. The number of aromatic amines is 1. The Morgan fingerprint density at radius 2 is 2.00 bits per heavy atom. The lowest BCUT2D eigenvalue weighted by Gasteiger charge is -2.44. The molecule has 1 saturated carbocycles. The molecule has 132 valence electrons. The number of fused-ring (bicyclic) bond motifs is 1. The monoisotopic (exact) mass is 357 g/mol. The Labute approximate surface area is 151 Å². The van der Waals surface area contributed by atoms with Crippen LogP contribution in [0.3, 0.4) is 0 Å². The summed E-state index contributed by atoms with van der Waals surface area (Å²) in [6.45, 7) is 0.914. The van der Waals surface area contributed by atoms with Crippen molar-refractivity contribution in [2.45, 2.75) is 49.7 Å². The van der Waals surface area contributed by atoms with Crippen molar-refractivity contribution in [3.05, 3.63) is 24.5 Å². The second-order valence-corrected chi connectivity index (χ2v) is 7.77. The van der Waals surface area contributed by atoms with Crippen LogP contribution in [0.25, 0.3) is 11.4 Å². The first-order valence-corrected chi connectivity index (χ1v) is 10.0. The predicted octanol–water partition coefficient (Wildman–Crippen LogP) is 3.14. The number of carbonyl (C=O) groups excluding carboxylic acids is 1. The maximum atomic E-state index is 12.7. The number of carbonyl (C=O) groups is 1. The van der Waals surface area contributed by atoms with Crippen LogP contribution in [0, 0.1) is 5.92 Å². The number of piperidine rings is 1. The van der Waals surface area contributed by atoms with E-state index in [1.165, 1.54) is 43.9 Å². The molecule has 3 heterocycles. The summed E-state index contributed by atoms with van der Waals surface area (Å²) in [5.74, 6) is 2.08. The summed E-state index contributed by atoms with van der Waals surface area (Å²) in [6, 6.07) is 4.24. The van der Waals surface area contributed by atoms with Crippen molar-refractivity contribution in [3.8, 4) is 11.4 Å². The molecule has 25 heavy (non-hydrogen) atoms. The number of aromatic nitrogens is 4. The van der Waals surface area contributed by atoms with Gasteiger partial charge in [-0.25, -0.2) is 4.98 Å². The van der Waals surface area contributed by atoms with Crippen LogP contribution in [0.15, 0.2) is 29.7 Å². The Bertz CT molecular complexity index is 717. The first-order chi connectivity index (χ1) is 12.3. The van der Waals surface area contributed by atoms with Gasteiger partial charge in [-0.2, -0.15) is 0 Å². The molecule has 1 aliphatic heterocycles. The fourth-order valence-electron chi connectivity index (χ4n) is 4.09. The van der Waals surface area contributed by atoms with Crippen LogP contribution in [-0.4, -0.2) is 49.3 Å². The molecule has 1 amide bonds. The topological polar surface area (TPSA) is 74.8 Å². The molecule has 0 bridgehead atoms. The number of H-pyrrole nitrogens is 1. The fourth-order valence-corrected chi connectivity index (χ4v) is 4.78. The van der Waals surface area contributed by atoms with Crippen molar-refractivity contribution in [1.29, 1.82) is 0 Å². The minimum absolute atomic E-state index is 0.233. The second kappa shape index (κ2) is 7.56. The number of nitrogens with zero attached hydrogens (tertiary/aromatic N) is 4. The first-order valence-electron chi connectivity index (χ1n) is 9.06. The highest BCUT2D eigenvalue weighted by atomic mass is 32.2. The summed E-state index contributed by atoms with van der Waals surface area (Å²) in [5, 5.41) is 7.79. The minimum atomic E-state index is 0.233. The number of thioether (sulfide) groups is 1. The number of nitrogens with one attached hydrogen (secondary N) is 1. The highest BCUT2D eigenvalue weighted by Gasteiger charge is 2.35. The SMILES string of the molecule is O=C(CSc1n[nH]c(-c2ccncc2)n1)N1CCC[C@H]2CCCC[C@H]21. The standard InChI is InChI=1S/C18H23N5OS/c24-16(23-11-3-5-13-4-1-2-6-15(13)23)12-25-18-20-17(21-22-18)14-7-9-19-10-8-14/h7-10,13,15H,1-6,11-12H2,(H,20,21,22)/t13-,15-/m1/s1. The van der Waals surface area contributed by atoms with E-state index in [4.69, 9.17) is 0 Å². The number of amides is 1. The van der Waals surface area contributed by atoms with E-state index in [0.717, 1.165) is 24.4 Å². The molecule has 1 N–H and O–H groups in total. The first kappa shape index (κ1) is 16.6. The molecule has 0 radical (unpaired) electrons. The smallest absolute Gasteiger partial charge is 0.233 e. The summed E-state index contributed by atoms with van der Waals surface area (Å²) < 4.78 is 0. The van der Waals surface area contributed by atoms with Crippen LogP contribution < -0.4 is 0 Å². The van der Waals surface area contributed by atoms with Gasteiger partial charge in [0.1, 0.15) is 0 Å². The number of likely N-dealkylation sites (tertiary alicyclic amines) is 1. The Balaban J connectivity index is 1.36. The van der Waals surface area contributed by atoms with Gasteiger partial charge in [0.15, 0.2) is 5.82 Å². The quantitative estimate of drug-likeness (QED) is 0.851. The van der Waals surface area contributed by atoms with E-state index in [1.54, 1.807) is 12.4 Å². The molecule has 0 aromatic carbocycles. The largest absolute Gasteiger partial charge is 0.339 e. The summed E-state index contributed by atoms with van der Waals surface area (Å²) in [7, 11) is 0. The van der Waals surface area contributed by atoms with Crippen LogP contribution in [0.1, 0.15) is 38.5 Å². The van der Waals surface area contributed by atoms with E-state index < -0.39 is 0 Å². The van der Waals surface area contributed by atoms with Gasteiger partial charge in [0.05, 0.1) is 5.75 Å². The number of pyridine rings is 1. The van der Waals surface area contributed by atoms with E-state index in [0.29, 0.717) is 22.8 Å². The van der Waals surface area contributed by atoms with Gasteiger partial charge in [-0.1, -0.05) is 24.6 Å². The molecule has 6 nitrogen and oxygen atoms in total. The van der Waals surface area contributed by atoms with Gasteiger partial charge in [0.25, 0.3) is 0 Å². The zero-order chi connectivity index (χ0) is 17.1. The molecule has 2 aromatic heterocycles. The van der Waals surface area contributed by atoms with Gasteiger partial charge in [0, 0.05) is 30.5 Å². The predicted molar refractivity (Wildman–Crippen MR) is 97.0 cm³/mol. The van der Waals surface area contributed by atoms with Gasteiger partial charge in [-0.15, -0.1) is 5.10 Å². The molecule has 7 heteroatoms. The maximum Gasteiger partial charge on any atom is 0.233 e. The van der Waals surface area contributed by atoms with Crippen LogP contribution in [0.2, 0.25) is 0 Å². The highest BCUT2D eigenvalue weighted by molar-refractivity contribution is 7.99. The van der Waals surface area contributed by atoms with Crippen molar-refractivity contribution < 1.29 is 4.79 Å². The highest BCUT2D eigenvalue weighted by Crippen LogP contribution is 2.35. The lowest BCUT2D eigenvalue weighted by atomic mass is 9.78. The van der Waals surface area contributed by atoms with Crippen LogP contribution in [-0.2, 0) is 4.79 Å². The molecule has 0 unspecified atom stereocenters. The molecule has 1 saturated heterocycles. The third-order valence-electron chi connectivity index (χ3n) is 5.31. The zero-order valence-corrected chi connectivity index (χ0v) is 15.0. The molecule has 2 fully saturated rings. The summed E-state index contributed by atoms with van der Waals surface area (Å²) in [5.41, 5.74) is 0.946. The third kappa shape index (κ3) is 3.71. The van der Waals surface area contributed by atoms with Crippen molar-refractivity contribution in [2.75, 3.05) is 12.3 Å². The molecular formula is C18H23N5OS. The Kier molecular flexibility index (Phi) is 5.01. The van der Waals surface area contributed by atoms with Crippen LogP contribution >= 0.6 is 11.8 Å². The molecular weight excluding hydrogens is 334 g/mol. The van der Waals surface area contributed by atoms with E-state index in [-0.39, 0.29) is 5.91 Å². The average molecular weight is 357 g/mol. The molecule has 4 rings (SSSR count). The van der Waals surface area contributed by atoms with E-state index in [9.17, 15) is 4.79 Å². The van der Waals surface area contributed by atoms with Crippen molar-refractivity contribution in [3.63, 3.8) is 0 Å². The summed E-state index contributed by atoms with van der Waals surface area (Å²) in [6.07, 6.45) is 10.9. The van der Waals surface area contributed by atoms with Gasteiger partial charge < -0.3 is 4.90 Å². The van der Waals surface area contributed by atoms with Crippen molar-refractivity contribution >= 4 is 17.7 Å². The second-order valence-electron chi connectivity index (χ2n) is 6.83. The van der Waals surface area contributed by atoms with Crippen LogP contribution in [0.4, 0.5) is 0 Å². The zero-order valence-electron chi connectivity index (χ0n) is 14.2. The Morgan fingerprint density at radius 1 is 1.20 bits per heavy atom. The van der Waals surface area contributed by atoms with Crippen molar-refractivity contribution in [2.24, 2.45) is 5.92 Å². The summed E-state index contributed by atoms with van der Waals surface area (Å²) >= 11 is 1.42. The summed E-state index contributed by atoms with van der Waals surface area (Å²) in [4.78, 5) is 23.4. The van der Waals surface area contributed by atoms with Gasteiger partial charge in [-0.05, 0) is 43.7 Å². The van der Waals surface area contributed by atoms with E-state index in [1.807, 2.05) is 12.1 Å². The average Bonchev–Trinajstić information content (AvgIpc) is 3.15. The fraction of sp³-hybridized carbons (Fsp3) is 0.556. The number of rotatable bonds is 4. The molecule has 2 aromatic rings. The third-order valence-corrected chi connectivity index (χ3v) is 6.14. The van der Waals surface area contributed by atoms with Gasteiger partial charge in [-0.3, -0.25) is 14.9 Å². The minimum Gasteiger partial charge on any atom is -0.339 e.